The summed E-state index contributed by atoms with van der Waals surface area (Å²) in [6, 6.07) is 8.46. The number of amides is 3. The third kappa shape index (κ3) is 5.82. The summed E-state index contributed by atoms with van der Waals surface area (Å²) < 4.78 is 5.28. The molecule has 0 atom stereocenters. The van der Waals surface area contributed by atoms with Crippen LogP contribution in [-0.2, 0) is 4.79 Å². The highest BCUT2D eigenvalue weighted by molar-refractivity contribution is 5.77. The maximum absolute atomic E-state index is 11.6. The third-order valence-electron chi connectivity index (χ3n) is 2.50. The van der Waals surface area contributed by atoms with Gasteiger partial charge in [-0.15, -0.1) is 0 Å². The second-order valence-corrected chi connectivity index (χ2v) is 4.37. The van der Waals surface area contributed by atoms with Gasteiger partial charge in [0.1, 0.15) is 11.8 Å². The number of benzene rings is 1. The standard InChI is InChI=1S/C14H18N4O3/c1-18(2)14(20)17-8-7-16-13(19)10-21-12-6-4-3-5-11(12)9-15/h3-6H,7-8,10H2,1-2H3,(H,16,19)(H,17,20). The smallest absolute Gasteiger partial charge is 0.316 e. The number of nitrogens with zero attached hydrogens (tertiary/aromatic N) is 2. The van der Waals surface area contributed by atoms with E-state index < -0.39 is 0 Å². The zero-order valence-corrected chi connectivity index (χ0v) is 12.0. The van der Waals surface area contributed by atoms with Gasteiger partial charge in [-0.3, -0.25) is 4.79 Å². The average Bonchev–Trinajstić information content (AvgIpc) is 2.49. The highest BCUT2D eigenvalue weighted by Gasteiger charge is 2.06. The Morgan fingerprint density at radius 2 is 1.90 bits per heavy atom. The number of nitriles is 1. The Bertz CT molecular complexity index is 537. The van der Waals surface area contributed by atoms with E-state index in [1.54, 1.807) is 38.4 Å². The van der Waals surface area contributed by atoms with Gasteiger partial charge >= 0.3 is 6.03 Å². The van der Waals surface area contributed by atoms with Crippen molar-refractivity contribution in [2.24, 2.45) is 0 Å². The van der Waals surface area contributed by atoms with E-state index in [1.807, 2.05) is 6.07 Å². The Hall–Kier alpha value is -2.75. The normalized spacial score (nSPS) is 9.38. The second kappa shape index (κ2) is 8.43. The number of carbonyl (C=O) groups excluding carboxylic acids is 2. The van der Waals surface area contributed by atoms with Gasteiger partial charge < -0.3 is 20.3 Å². The Kier molecular flexibility index (Phi) is 6.54. The Balaban J connectivity index is 2.26. The van der Waals surface area contributed by atoms with Crippen LogP contribution >= 0.6 is 0 Å². The first-order chi connectivity index (χ1) is 10.0. The van der Waals surface area contributed by atoms with Crippen LogP contribution in [0, 0.1) is 11.3 Å². The number of hydrogen-bond acceptors (Lipinski definition) is 4. The molecule has 0 aliphatic carbocycles. The molecule has 0 fully saturated rings. The minimum absolute atomic E-state index is 0.180. The Morgan fingerprint density at radius 3 is 2.57 bits per heavy atom. The molecule has 0 aromatic heterocycles. The van der Waals surface area contributed by atoms with E-state index in [0.717, 1.165) is 0 Å². The van der Waals surface area contributed by atoms with Crippen molar-refractivity contribution in [2.75, 3.05) is 33.8 Å². The van der Waals surface area contributed by atoms with Crippen molar-refractivity contribution in [3.63, 3.8) is 0 Å². The van der Waals surface area contributed by atoms with E-state index >= 15 is 0 Å². The minimum Gasteiger partial charge on any atom is -0.482 e. The fourth-order valence-corrected chi connectivity index (χ4v) is 1.41. The first-order valence-electron chi connectivity index (χ1n) is 6.38. The van der Waals surface area contributed by atoms with Crippen molar-refractivity contribution in [3.8, 4) is 11.8 Å². The molecule has 0 saturated carbocycles. The molecule has 7 nitrogen and oxygen atoms in total. The maximum Gasteiger partial charge on any atom is 0.316 e. The van der Waals surface area contributed by atoms with Crippen LogP contribution in [0.4, 0.5) is 4.79 Å². The summed E-state index contributed by atoms with van der Waals surface area (Å²) in [6.45, 7) is 0.458. The predicted octanol–water partition coefficient (Wildman–Crippen LogP) is 0.324. The molecule has 2 N–H and O–H groups in total. The van der Waals surface area contributed by atoms with Crippen LogP contribution in [0.25, 0.3) is 0 Å². The minimum atomic E-state index is -0.318. The molecular formula is C14H18N4O3. The number of urea groups is 1. The summed E-state index contributed by atoms with van der Waals surface area (Å²) >= 11 is 0. The van der Waals surface area contributed by atoms with E-state index in [4.69, 9.17) is 10.00 Å². The lowest BCUT2D eigenvalue weighted by Crippen LogP contribution is -2.40. The van der Waals surface area contributed by atoms with Crippen LogP contribution in [-0.4, -0.2) is 50.6 Å². The van der Waals surface area contributed by atoms with E-state index in [2.05, 4.69) is 10.6 Å². The van der Waals surface area contributed by atoms with E-state index in [-0.39, 0.29) is 18.5 Å². The molecule has 3 amide bonds. The SMILES string of the molecule is CN(C)C(=O)NCCNC(=O)COc1ccccc1C#N. The Morgan fingerprint density at radius 1 is 1.24 bits per heavy atom. The first-order valence-corrected chi connectivity index (χ1v) is 6.38. The third-order valence-corrected chi connectivity index (χ3v) is 2.50. The van der Waals surface area contributed by atoms with Crippen molar-refractivity contribution in [3.05, 3.63) is 29.8 Å². The van der Waals surface area contributed by atoms with Gasteiger partial charge in [0.05, 0.1) is 5.56 Å². The fourth-order valence-electron chi connectivity index (χ4n) is 1.41. The van der Waals surface area contributed by atoms with Crippen molar-refractivity contribution >= 4 is 11.9 Å². The molecule has 0 heterocycles. The molecule has 21 heavy (non-hydrogen) atoms. The molecule has 0 bridgehead atoms. The fraction of sp³-hybridized carbons (Fsp3) is 0.357. The summed E-state index contributed by atoms with van der Waals surface area (Å²) in [7, 11) is 3.27. The molecule has 7 heteroatoms. The number of nitrogens with one attached hydrogen (secondary N) is 2. The maximum atomic E-state index is 11.6. The summed E-state index contributed by atoms with van der Waals surface area (Å²) in [5.74, 6) is 0.0536. The number of carbonyl (C=O) groups is 2. The molecule has 0 radical (unpaired) electrons. The lowest BCUT2D eigenvalue weighted by Gasteiger charge is -2.12. The van der Waals surface area contributed by atoms with Gasteiger partial charge in [-0.1, -0.05) is 12.1 Å². The largest absolute Gasteiger partial charge is 0.482 e. The van der Waals surface area contributed by atoms with Crippen molar-refractivity contribution < 1.29 is 14.3 Å². The molecule has 112 valence electrons. The summed E-state index contributed by atoms with van der Waals surface area (Å²) in [4.78, 5) is 24.2. The lowest BCUT2D eigenvalue weighted by atomic mass is 10.2. The summed E-state index contributed by atoms with van der Waals surface area (Å²) in [5, 5.41) is 14.1. The lowest BCUT2D eigenvalue weighted by molar-refractivity contribution is -0.123. The zero-order valence-electron chi connectivity index (χ0n) is 12.0. The van der Waals surface area contributed by atoms with Gasteiger partial charge in [-0.05, 0) is 12.1 Å². The number of para-hydroxylation sites is 1. The quantitative estimate of drug-likeness (QED) is 0.738. The van der Waals surface area contributed by atoms with Crippen molar-refractivity contribution in [1.29, 1.82) is 5.26 Å². The van der Waals surface area contributed by atoms with Crippen molar-refractivity contribution in [2.45, 2.75) is 0 Å². The van der Waals surface area contributed by atoms with Crippen molar-refractivity contribution in [1.82, 2.24) is 15.5 Å². The van der Waals surface area contributed by atoms with Crippen LogP contribution in [0.3, 0.4) is 0 Å². The predicted molar refractivity (Wildman–Crippen MR) is 76.7 cm³/mol. The average molecular weight is 290 g/mol. The van der Waals surface area contributed by atoms with Crippen LogP contribution in [0.15, 0.2) is 24.3 Å². The summed E-state index contributed by atoms with van der Waals surface area (Å²) in [6.07, 6.45) is 0. The molecule has 1 aromatic carbocycles. The molecule has 0 saturated heterocycles. The van der Waals surface area contributed by atoms with Gasteiger partial charge in [0, 0.05) is 27.2 Å². The number of ether oxygens (including phenoxy) is 1. The monoisotopic (exact) mass is 290 g/mol. The van der Waals surface area contributed by atoms with E-state index in [9.17, 15) is 9.59 Å². The van der Waals surface area contributed by atoms with Crippen LogP contribution in [0.1, 0.15) is 5.56 Å². The van der Waals surface area contributed by atoms with Gasteiger partial charge in [-0.2, -0.15) is 5.26 Å². The molecule has 0 spiro atoms. The highest BCUT2D eigenvalue weighted by atomic mass is 16.5. The molecule has 1 aromatic rings. The highest BCUT2D eigenvalue weighted by Crippen LogP contribution is 2.15. The summed E-state index contributed by atoms with van der Waals surface area (Å²) in [5.41, 5.74) is 0.378. The van der Waals surface area contributed by atoms with Crippen LogP contribution in [0.5, 0.6) is 5.75 Å². The molecular weight excluding hydrogens is 272 g/mol. The van der Waals surface area contributed by atoms with Crippen LogP contribution < -0.4 is 15.4 Å². The molecule has 0 aliphatic rings. The van der Waals surface area contributed by atoms with Gasteiger partial charge in [0.25, 0.3) is 5.91 Å². The number of hydrogen-bond donors (Lipinski definition) is 2. The van der Waals surface area contributed by atoms with Gasteiger partial charge in [-0.25, -0.2) is 4.79 Å². The topological polar surface area (TPSA) is 94.5 Å². The molecule has 1 rings (SSSR count). The number of rotatable bonds is 6. The first kappa shape index (κ1) is 16.3. The van der Waals surface area contributed by atoms with E-state index in [1.165, 1.54) is 4.90 Å². The Labute approximate surface area is 123 Å². The zero-order chi connectivity index (χ0) is 15.7. The van der Waals surface area contributed by atoms with Crippen LogP contribution in [0.2, 0.25) is 0 Å². The molecule has 0 aliphatic heterocycles. The second-order valence-electron chi connectivity index (χ2n) is 4.37. The van der Waals surface area contributed by atoms with E-state index in [0.29, 0.717) is 24.4 Å². The molecule has 0 unspecified atom stereocenters. The van der Waals surface area contributed by atoms with Gasteiger partial charge in [0.2, 0.25) is 0 Å². The van der Waals surface area contributed by atoms with Gasteiger partial charge in [0.15, 0.2) is 6.61 Å².